The predicted octanol–water partition coefficient (Wildman–Crippen LogP) is 5.35. The Balaban J connectivity index is 3.26. The molecule has 0 fully saturated rings. The maximum atomic E-state index is 14.3. The number of carbonyl (C=O) groups excluding carboxylic acids is 2. The van der Waals surface area contributed by atoms with E-state index in [1.165, 1.54) is 66.0 Å². The number of benzene rings is 1. The van der Waals surface area contributed by atoms with Crippen LogP contribution in [-0.4, -0.2) is 56.8 Å². The van der Waals surface area contributed by atoms with Gasteiger partial charge < -0.3 is 9.47 Å². The van der Waals surface area contributed by atoms with Gasteiger partial charge in [-0.2, -0.15) is 47.9 Å². The molecule has 37 heavy (non-hydrogen) atoms. The van der Waals surface area contributed by atoms with Crippen LogP contribution in [0.15, 0.2) is 12.1 Å². The lowest BCUT2D eigenvalue weighted by Gasteiger charge is -2.33. The Morgan fingerprint density at radius 2 is 1.38 bits per heavy atom. The van der Waals surface area contributed by atoms with Crippen molar-refractivity contribution in [3.63, 3.8) is 0 Å². The Morgan fingerprint density at radius 1 is 0.892 bits per heavy atom. The first kappa shape index (κ1) is 33.8. The highest BCUT2D eigenvalue weighted by Gasteiger charge is 2.72. The zero-order chi connectivity index (χ0) is 29.4. The Morgan fingerprint density at radius 3 is 1.84 bits per heavy atom. The Kier molecular flexibility index (Phi) is 10.1. The molecule has 0 radical (unpaired) electrons. The minimum atomic E-state index is -6.27. The molecular weight excluding hydrogens is 783 g/mol. The number of halogens is 11. The van der Waals surface area contributed by atoms with E-state index in [0.29, 0.717) is 10.8 Å². The minimum Gasteiger partial charge on any atom is -0.485 e. The first-order valence-corrected chi connectivity index (χ1v) is 13.0. The van der Waals surface area contributed by atoms with Crippen LogP contribution in [0.4, 0.5) is 39.5 Å². The highest BCUT2D eigenvalue weighted by molar-refractivity contribution is 14.1. The van der Waals surface area contributed by atoms with Gasteiger partial charge in [0.05, 0.1) is 14.5 Å². The van der Waals surface area contributed by atoms with Crippen LogP contribution in [0, 0.1) is 12.6 Å². The van der Waals surface area contributed by atoms with E-state index in [0.717, 1.165) is 6.07 Å². The number of nitrogens with one attached hydrogen (secondary N) is 1. The number of carbonyl (C=O) groups is 2. The summed E-state index contributed by atoms with van der Waals surface area (Å²) in [5, 5.41) is 0. The molecule has 0 heterocycles. The molecule has 19 heteroatoms. The molecule has 0 aromatic heterocycles. The van der Waals surface area contributed by atoms with E-state index in [-0.39, 0.29) is 7.14 Å². The summed E-state index contributed by atoms with van der Waals surface area (Å²) < 4.78 is 154. The fourth-order valence-electron chi connectivity index (χ4n) is 2.09. The van der Waals surface area contributed by atoms with Crippen molar-refractivity contribution >= 4 is 67.1 Å². The van der Waals surface area contributed by atoms with Crippen LogP contribution in [0.1, 0.15) is 31.1 Å². The van der Waals surface area contributed by atoms with Gasteiger partial charge in [-0.3, -0.25) is 9.59 Å². The third-order valence-corrected chi connectivity index (χ3v) is 6.59. The molecule has 0 unspecified atom stereocenters. The van der Waals surface area contributed by atoms with Gasteiger partial charge in [0.25, 0.3) is 5.91 Å². The van der Waals surface area contributed by atoms with Crippen molar-refractivity contribution in [3.8, 4) is 5.75 Å². The predicted molar refractivity (Wildman–Crippen MR) is 125 cm³/mol. The number of alkyl halides is 9. The zero-order valence-corrected chi connectivity index (χ0v) is 23.7. The molecule has 7 nitrogen and oxygen atoms in total. The largest absolute Gasteiger partial charge is 0.516 e. The van der Waals surface area contributed by atoms with Crippen LogP contribution in [0.5, 0.6) is 5.75 Å². The van der Waals surface area contributed by atoms with Crippen LogP contribution in [0.3, 0.4) is 0 Å². The summed E-state index contributed by atoms with van der Waals surface area (Å²) in [6, 6.07) is 1.75. The summed E-state index contributed by atoms with van der Waals surface area (Å²) in [6.45, 7) is -1.40. The summed E-state index contributed by atoms with van der Waals surface area (Å²) in [5.41, 5.74) is -8.47. The van der Waals surface area contributed by atoms with Gasteiger partial charge in [-0.1, -0.05) is 0 Å². The average Bonchev–Trinajstić information content (AvgIpc) is 2.68. The monoisotopic (exact) mass is 799 g/mol. The normalized spacial score (nSPS) is 13.8. The van der Waals surface area contributed by atoms with E-state index >= 15 is 0 Å². The second-order valence-electron chi connectivity index (χ2n) is 8.24. The van der Waals surface area contributed by atoms with Crippen LogP contribution in [0.2, 0.25) is 0 Å². The van der Waals surface area contributed by atoms with Crippen molar-refractivity contribution in [1.82, 2.24) is 4.72 Å². The van der Waals surface area contributed by atoms with E-state index < -0.39 is 75.1 Å². The molecule has 0 atom stereocenters. The van der Waals surface area contributed by atoms with Gasteiger partial charge >= 0.3 is 39.3 Å². The number of rotatable bonds is 9. The Hall–Kier alpha value is -1.26. The summed E-state index contributed by atoms with van der Waals surface area (Å²) >= 11 is 2.80. The lowest BCUT2D eigenvalue weighted by Crippen LogP contribution is -2.58. The van der Waals surface area contributed by atoms with Crippen molar-refractivity contribution < 1.29 is 67.0 Å². The van der Waals surface area contributed by atoms with E-state index in [4.69, 9.17) is 0 Å². The number of hydrogen-bond acceptors (Lipinski definition) is 6. The lowest BCUT2D eigenvalue weighted by molar-refractivity contribution is -0.322. The molecular formula is C18H16F9I2NO6S. The number of sulfonamides is 1. The first-order chi connectivity index (χ1) is 16.3. The van der Waals surface area contributed by atoms with E-state index in [1.807, 2.05) is 0 Å². The van der Waals surface area contributed by atoms with Crippen molar-refractivity contribution in [2.75, 3.05) is 13.2 Å². The van der Waals surface area contributed by atoms with Crippen LogP contribution in [0.25, 0.3) is 0 Å². The quantitative estimate of drug-likeness (QED) is 0.206. The lowest BCUT2D eigenvalue weighted by atomic mass is 9.97. The van der Waals surface area contributed by atoms with Crippen LogP contribution < -0.4 is 9.46 Å². The molecule has 1 rings (SSSR count). The molecule has 0 spiro atoms. The van der Waals surface area contributed by atoms with E-state index in [9.17, 15) is 57.5 Å². The Bertz CT molecular complexity index is 1150. The van der Waals surface area contributed by atoms with Gasteiger partial charge in [-0.15, -0.1) is 0 Å². The first-order valence-electron chi connectivity index (χ1n) is 9.33. The summed E-state index contributed by atoms with van der Waals surface area (Å²) in [6.07, 6.45) is 0. The summed E-state index contributed by atoms with van der Waals surface area (Å²) in [4.78, 5) is 23.7. The molecule has 1 aromatic carbocycles. The van der Waals surface area contributed by atoms with Crippen LogP contribution in [-0.2, 0) is 19.6 Å². The van der Waals surface area contributed by atoms with Gasteiger partial charge in [0.1, 0.15) is 5.75 Å². The molecule has 0 aliphatic carbocycles. The molecule has 0 bridgehead atoms. The fourth-order valence-corrected chi connectivity index (χ4v) is 4.57. The zero-order valence-electron chi connectivity index (χ0n) is 18.6. The number of hydrogen-bond donors (Lipinski definition) is 1. The topological polar surface area (TPSA) is 98.8 Å². The third-order valence-electron chi connectivity index (χ3n) is 4.10. The average molecular weight is 799 g/mol. The van der Waals surface area contributed by atoms with Gasteiger partial charge in [-0.25, -0.2) is 4.72 Å². The van der Waals surface area contributed by atoms with Gasteiger partial charge in [0.2, 0.25) is 0 Å². The van der Waals surface area contributed by atoms with Crippen LogP contribution >= 0.6 is 45.2 Å². The summed E-state index contributed by atoms with van der Waals surface area (Å²) in [5.74, 6) is -22.0. The smallest absolute Gasteiger partial charge is 0.485 e. The second kappa shape index (κ2) is 11.1. The number of esters is 1. The standard InChI is InChI=1S/C18H16F9I2NO6S/c1-14(2,3)13(32)36-7-16(21,22)17(23,24)15(19,20)6-35-11-9(4-8(28)5-10(11)29)12(31)30-37(33,34)18(25,26)27/h4-5H,6-7H2,1-3H3,(H,30,31). The third kappa shape index (κ3) is 7.88. The molecule has 0 aliphatic rings. The molecule has 212 valence electrons. The van der Waals surface area contributed by atoms with Gasteiger partial charge in [0, 0.05) is 3.57 Å². The van der Waals surface area contributed by atoms with Gasteiger partial charge in [0.15, 0.2) is 13.2 Å². The Labute approximate surface area is 231 Å². The van der Waals surface area contributed by atoms with E-state index in [2.05, 4.69) is 9.47 Å². The maximum Gasteiger partial charge on any atom is 0.516 e. The number of amides is 1. The number of ether oxygens (including phenoxy) is 2. The molecule has 0 saturated carbocycles. The molecule has 0 aliphatic heterocycles. The van der Waals surface area contributed by atoms with Crippen molar-refractivity contribution in [2.24, 2.45) is 5.41 Å². The van der Waals surface area contributed by atoms with Crippen molar-refractivity contribution in [1.29, 1.82) is 0 Å². The molecule has 1 amide bonds. The van der Waals surface area contributed by atoms with Gasteiger partial charge in [-0.05, 0) is 78.1 Å². The molecule has 0 saturated heterocycles. The summed E-state index contributed by atoms with van der Waals surface area (Å²) in [7, 11) is -6.27. The van der Waals surface area contributed by atoms with Crippen molar-refractivity contribution in [2.45, 2.75) is 44.0 Å². The highest BCUT2D eigenvalue weighted by atomic mass is 127. The SMILES string of the molecule is CC(C)(C)C(=O)OCC(F)(F)C(F)(F)C(F)(F)COc1c(I)cc(I)cc1C(=O)NS(=O)(=O)C(F)(F)F. The second-order valence-corrected chi connectivity index (χ2v) is 12.3. The van der Waals surface area contributed by atoms with Crippen molar-refractivity contribution in [3.05, 3.63) is 24.8 Å². The molecule has 1 aromatic rings. The highest BCUT2D eigenvalue weighted by Crippen LogP contribution is 2.46. The fraction of sp³-hybridized carbons (Fsp3) is 0.556. The minimum absolute atomic E-state index is 0.0493. The van der Waals surface area contributed by atoms with E-state index in [1.54, 1.807) is 0 Å². The molecule has 1 N–H and O–H groups in total. The maximum absolute atomic E-state index is 14.3.